The Hall–Kier alpha value is -2.74. The van der Waals surface area contributed by atoms with Gasteiger partial charge in [0, 0.05) is 6.54 Å². The fraction of sp³-hybridized carbons (Fsp3) is 0.421. The third-order valence-corrected chi connectivity index (χ3v) is 4.89. The first-order valence-corrected chi connectivity index (χ1v) is 8.87. The molecule has 3 N–H and O–H groups in total. The Morgan fingerprint density at radius 1 is 1.19 bits per heavy atom. The van der Waals surface area contributed by atoms with Crippen LogP contribution in [0.2, 0.25) is 0 Å². The van der Waals surface area contributed by atoms with Gasteiger partial charge in [0.05, 0.1) is 5.54 Å². The lowest BCUT2D eigenvalue weighted by atomic mass is 10.0. The van der Waals surface area contributed by atoms with Crippen LogP contribution in [0.4, 0.5) is 4.39 Å². The zero-order valence-corrected chi connectivity index (χ0v) is 15.4. The van der Waals surface area contributed by atoms with Crippen molar-refractivity contribution in [3.05, 3.63) is 47.2 Å². The molecule has 8 heteroatoms. The van der Waals surface area contributed by atoms with Gasteiger partial charge in [0.1, 0.15) is 5.82 Å². The lowest BCUT2D eigenvalue weighted by Crippen LogP contribution is -2.41. The number of amides is 1. The largest absolute Gasteiger partial charge is 0.501 e. The lowest BCUT2D eigenvalue weighted by molar-refractivity contribution is 0.0938. The smallest absolute Gasteiger partial charge is 0.274 e. The molecular formula is C19H23FN4O3. The van der Waals surface area contributed by atoms with Gasteiger partial charge in [-0.25, -0.2) is 9.37 Å². The zero-order valence-electron chi connectivity index (χ0n) is 15.4. The van der Waals surface area contributed by atoms with E-state index in [1.807, 2.05) is 13.8 Å². The maximum absolute atomic E-state index is 13.0. The van der Waals surface area contributed by atoms with Crippen LogP contribution in [0.1, 0.15) is 48.6 Å². The molecule has 0 unspecified atom stereocenters. The van der Waals surface area contributed by atoms with Crippen LogP contribution < -0.4 is 5.32 Å². The molecule has 1 amide bonds. The van der Waals surface area contributed by atoms with E-state index in [0.29, 0.717) is 5.56 Å². The van der Waals surface area contributed by atoms with Gasteiger partial charge in [-0.3, -0.25) is 9.69 Å². The Kier molecular flexibility index (Phi) is 5.27. The highest BCUT2D eigenvalue weighted by atomic mass is 19.1. The Morgan fingerprint density at radius 3 is 2.44 bits per heavy atom. The van der Waals surface area contributed by atoms with Crippen LogP contribution in [0.3, 0.4) is 0 Å². The van der Waals surface area contributed by atoms with Crippen molar-refractivity contribution in [2.24, 2.45) is 0 Å². The second-order valence-corrected chi connectivity index (χ2v) is 7.13. The van der Waals surface area contributed by atoms with Gasteiger partial charge in [0.25, 0.3) is 11.8 Å². The van der Waals surface area contributed by atoms with Gasteiger partial charge < -0.3 is 15.5 Å². The number of aromatic nitrogens is 2. The molecule has 0 radical (unpaired) electrons. The van der Waals surface area contributed by atoms with Crippen molar-refractivity contribution in [3.8, 4) is 11.6 Å². The van der Waals surface area contributed by atoms with Crippen LogP contribution in [0.15, 0.2) is 24.3 Å². The quantitative estimate of drug-likeness (QED) is 0.743. The van der Waals surface area contributed by atoms with Crippen LogP contribution in [-0.4, -0.2) is 44.1 Å². The molecule has 1 aliphatic rings. The minimum atomic E-state index is -0.660. The summed E-state index contributed by atoms with van der Waals surface area (Å²) in [5.74, 6) is -2.02. The van der Waals surface area contributed by atoms with Gasteiger partial charge in [0.15, 0.2) is 11.5 Å². The fourth-order valence-electron chi connectivity index (χ4n) is 3.16. The maximum atomic E-state index is 13.0. The summed E-state index contributed by atoms with van der Waals surface area (Å²) in [6.45, 7) is 5.73. The number of halogens is 1. The highest BCUT2D eigenvalue weighted by Gasteiger charge is 2.35. The van der Waals surface area contributed by atoms with Crippen LogP contribution in [0, 0.1) is 5.82 Å². The number of benzene rings is 1. The Labute approximate surface area is 156 Å². The summed E-state index contributed by atoms with van der Waals surface area (Å²) < 4.78 is 13.0. The van der Waals surface area contributed by atoms with Gasteiger partial charge in [-0.1, -0.05) is 12.1 Å². The van der Waals surface area contributed by atoms with Gasteiger partial charge in [0.2, 0.25) is 5.75 Å². The van der Waals surface area contributed by atoms with Crippen molar-refractivity contribution in [1.82, 2.24) is 20.2 Å². The number of carbonyl (C=O) groups excluding carboxylic acids is 1. The first kappa shape index (κ1) is 19.0. The molecule has 27 heavy (non-hydrogen) atoms. The van der Waals surface area contributed by atoms with Gasteiger partial charge >= 0.3 is 0 Å². The minimum Gasteiger partial charge on any atom is -0.501 e. The molecule has 0 atom stereocenters. The number of rotatable bonds is 5. The van der Waals surface area contributed by atoms with E-state index < -0.39 is 23.1 Å². The van der Waals surface area contributed by atoms with Gasteiger partial charge in [-0.2, -0.15) is 4.98 Å². The predicted molar refractivity (Wildman–Crippen MR) is 96.8 cm³/mol. The van der Waals surface area contributed by atoms with Gasteiger partial charge in [-0.05, 0) is 57.5 Å². The van der Waals surface area contributed by atoms with Crippen molar-refractivity contribution in [2.75, 3.05) is 13.1 Å². The normalized spacial score (nSPS) is 15.1. The van der Waals surface area contributed by atoms with Crippen molar-refractivity contribution in [1.29, 1.82) is 0 Å². The molecule has 1 aromatic heterocycles. The molecule has 7 nitrogen and oxygen atoms in total. The standard InChI is InChI=1S/C19H23FN4O3/c1-19(2,24-9-3-4-10-24)18-22-14(15(25)17(27)23-18)16(26)21-11-12-5-7-13(20)8-6-12/h5-8,25H,3-4,9-11H2,1-2H3,(H,21,26)(H,22,23,27). The molecule has 1 saturated heterocycles. The fourth-order valence-corrected chi connectivity index (χ4v) is 3.16. The zero-order chi connectivity index (χ0) is 19.6. The molecule has 0 bridgehead atoms. The first-order chi connectivity index (χ1) is 12.8. The molecule has 0 saturated carbocycles. The van der Waals surface area contributed by atoms with E-state index >= 15 is 0 Å². The number of hydrogen-bond acceptors (Lipinski definition) is 6. The van der Waals surface area contributed by atoms with Crippen LogP contribution in [0.5, 0.6) is 11.6 Å². The SMILES string of the molecule is CC(C)(c1nc(O)c(O)c(C(=O)NCc2ccc(F)cc2)n1)N1CCCC1. The second-order valence-electron chi connectivity index (χ2n) is 7.13. The van der Waals surface area contributed by atoms with Gasteiger partial charge in [-0.15, -0.1) is 0 Å². The monoisotopic (exact) mass is 374 g/mol. The first-order valence-electron chi connectivity index (χ1n) is 8.87. The number of aromatic hydroxyl groups is 2. The minimum absolute atomic E-state index is 0.133. The van der Waals surface area contributed by atoms with Crippen LogP contribution in [-0.2, 0) is 12.1 Å². The van der Waals surface area contributed by atoms with Crippen molar-refractivity contribution in [2.45, 2.75) is 38.8 Å². The number of carbonyl (C=O) groups is 1. The highest BCUT2D eigenvalue weighted by molar-refractivity contribution is 5.95. The molecule has 1 aromatic carbocycles. The van der Waals surface area contributed by atoms with E-state index in [9.17, 15) is 19.4 Å². The molecule has 0 aliphatic carbocycles. The molecule has 3 rings (SSSR count). The van der Waals surface area contributed by atoms with E-state index in [0.717, 1.165) is 25.9 Å². The summed E-state index contributed by atoms with van der Waals surface area (Å²) in [7, 11) is 0. The highest BCUT2D eigenvalue weighted by Crippen LogP contribution is 2.33. The second kappa shape index (κ2) is 7.48. The lowest BCUT2D eigenvalue weighted by Gasteiger charge is -2.34. The summed E-state index contributed by atoms with van der Waals surface area (Å²) in [5, 5.41) is 22.7. The van der Waals surface area contributed by atoms with E-state index in [4.69, 9.17) is 0 Å². The molecule has 144 valence electrons. The van der Waals surface area contributed by atoms with Crippen molar-refractivity contribution >= 4 is 5.91 Å². The van der Waals surface area contributed by atoms with Crippen molar-refractivity contribution < 1.29 is 19.4 Å². The van der Waals surface area contributed by atoms with E-state index in [1.54, 1.807) is 12.1 Å². The van der Waals surface area contributed by atoms with Crippen LogP contribution in [0.25, 0.3) is 0 Å². The number of nitrogens with one attached hydrogen (secondary N) is 1. The number of nitrogens with zero attached hydrogens (tertiary/aromatic N) is 3. The number of hydrogen-bond donors (Lipinski definition) is 3. The molecule has 0 spiro atoms. The van der Waals surface area contributed by atoms with Crippen LogP contribution >= 0.6 is 0 Å². The summed E-state index contributed by atoms with van der Waals surface area (Å²) in [4.78, 5) is 22.9. The van der Waals surface area contributed by atoms with E-state index in [1.165, 1.54) is 12.1 Å². The summed E-state index contributed by atoms with van der Waals surface area (Å²) in [5.41, 5.74) is -0.180. The molecule has 1 fully saturated rings. The topological polar surface area (TPSA) is 98.6 Å². The summed E-state index contributed by atoms with van der Waals surface area (Å²) in [6.07, 6.45) is 2.14. The molecule has 1 aliphatic heterocycles. The number of likely N-dealkylation sites (tertiary alicyclic amines) is 1. The Bertz CT molecular complexity index is 834. The third kappa shape index (κ3) is 4.00. The Balaban J connectivity index is 1.82. The molecule has 2 heterocycles. The molecular weight excluding hydrogens is 351 g/mol. The van der Waals surface area contributed by atoms with E-state index in [-0.39, 0.29) is 23.9 Å². The molecule has 2 aromatic rings. The predicted octanol–water partition coefficient (Wildman–Crippen LogP) is 2.29. The average molecular weight is 374 g/mol. The van der Waals surface area contributed by atoms with E-state index in [2.05, 4.69) is 20.2 Å². The average Bonchev–Trinajstić information content (AvgIpc) is 3.18. The summed E-state index contributed by atoms with van der Waals surface area (Å²) >= 11 is 0. The Morgan fingerprint density at radius 2 is 1.81 bits per heavy atom. The third-order valence-electron chi connectivity index (χ3n) is 4.89. The summed E-state index contributed by atoms with van der Waals surface area (Å²) in [6, 6.07) is 5.70. The van der Waals surface area contributed by atoms with Crippen molar-refractivity contribution in [3.63, 3.8) is 0 Å². The maximum Gasteiger partial charge on any atom is 0.274 e.